The molecule has 0 bridgehead atoms. The molecule has 0 saturated carbocycles. The van der Waals surface area contributed by atoms with Gasteiger partial charge in [0.05, 0.1) is 28.4 Å². The summed E-state index contributed by atoms with van der Waals surface area (Å²) in [4.78, 5) is 0. The van der Waals surface area contributed by atoms with Gasteiger partial charge in [0.2, 0.25) is 0 Å². The summed E-state index contributed by atoms with van der Waals surface area (Å²) in [6.45, 7) is 29.9. The Balaban J connectivity index is 1.55. The molecule has 70 heavy (non-hydrogen) atoms. The number of para-hydroxylation sites is 2. The minimum Gasteiger partial charge on any atom is -0.497 e. The highest BCUT2D eigenvalue weighted by Gasteiger charge is 2.34. The van der Waals surface area contributed by atoms with E-state index in [0.717, 1.165) is 55.3 Å². The van der Waals surface area contributed by atoms with E-state index >= 15 is 0 Å². The van der Waals surface area contributed by atoms with Crippen LogP contribution in [0.1, 0.15) is 116 Å². The van der Waals surface area contributed by atoms with Crippen molar-refractivity contribution in [3.8, 4) is 57.1 Å². The number of fused-ring (bicyclic) bond motifs is 3. The van der Waals surface area contributed by atoms with Gasteiger partial charge in [-0.25, -0.2) is 0 Å². The Hall–Kier alpha value is -5.95. The summed E-state index contributed by atoms with van der Waals surface area (Å²) >= 11 is 0. The van der Waals surface area contributed by atoms with Crippen LogP contribution in [0.2, 0.25) is 0 Å². The summed E-state index contributed by atoms with van der Waals surface area (Å²) in [5, 5.41) is 1.63. The molecule has 0 amide bonds. The molecular weight excluding hydrogens is 919 g/mol. The number of aryl methyl sites for hydroxylation is 2. The number of benzene rings is 6. The second kappa shape index (κ2) is 20.0. The number of hydrogen-bond donors (Lipinski definition) is 0. The highest BCUT2D eigenvalue weighted by atomic mass is 31.2. The summed E-state index contributed by atoms with van der Waals surface area (Å²) < 4.78 is 66.2. The maximum Gasteiger partial charge on any atom is 0.530 e. The summed E-state index contributed by atoms with van der Waals surface area (Å²) in [5.41, 5.74) is 6.75. The van der Waals surface area contributed by atoms with Gasteiger partial charge in [-0.3, -0.25) is 0 Å². The molecule has 7 rings (SSSR count). The van der Waals surface area contributed by atoms with Gasteiger partial charge in [0.15, 0.2) is 0 Å². The first-order valence-electron chi connectivity index (χ1n) is 23.5. The normalized spacial score (nSPS) is 12.3. The molecule has 0 aliphatic heterocycles. The Morgan fingerprint density at radius 3 is 1.24 bits per heavy atom. The Bertz CT molecular complexity index is 2940. The van der Waals surface area contributed by atoms with E-state index in [0.29, 0.717) is 57.2 Å². The van der Waals surface area contributed by atoms with Gasteiger partial charge >= 0.3 is 16.8 Å². The number of methoxy groups -OCH3 is 4. The Morgan fingerprint density at radius 1 is 0.429 bits per heavy atom. The molecule has 10 nitrogen and oxygen atoms in total. The monoisotopic (exact) mass is 988 g/mol. The van der Waals surface area contributed by atoms with Crippen LogP contribution in [0, 0.1) is 13.8 Å². The van der Waals surface area contributed by atoms with Gasteiger partial charge in [-0.15, -0.1) is 0 Å². The Kier molecular flexibility index (Phi) is 14.9. The van der Waals surface area contributed by atoms with Crippen molar-refractivity contribution in [3.63, 3.8) is 0 Å². The van der Waals surface area contributed by atoms with Crippen molar-refractivity contribution in [2.24, 2.45) is 0 Å². The molecule has 0 atom stereocenters. The van der Waals surface area contributed by atoms with Crippen LogP contribution in [0.4, 0.5) is 0 Å². The van der Waals surface area contributed by atoms with E-state index in [-0.39, 0.29) is 10.8 Å². The minimum atomic E-state index is -2.18. The van der Waals surface area contributed by atoms with Crippen LogP contribution in [0.25, 0.3) is 33.1 Å². The van der Waals surface area contributed by atoms with Gasteiger partial charge in [0.25, 0.3) is 0 Å². The molecule has 7 aromatic rings. The molecule has 1 heterocycles. The zero-order valence-corrected chi connectivity index (χ0v) is 46.0. The van der Waals surface area contributed by atoms with E-state index in [1.807, 2.05) is 105 Å². The summed E-state index contributed by atoms with van der Waals surface area (Å²) in [7, 11) is 2.41. The average Bonchev–Trinajstić information content (AvgIpc) is 3.43. The first kappa shape index (κ1) is 51.9. The number of ether oxygens (including phenoxy) is 4. The van der Waals surface area contributed by atoms with Crippen LogP contribution in [-0.2, 0) is 21.7 Å². The van der Waals surface area contributed by atoms with Crippen molar-refractivity contribution in [2.75, 3.05) is 28.4 Å². The van der Waals surface area contributed by atoms with E-state index < -0.39 is 27.7 Å². The minimum absolute atomic E-state index is 0.359. The molecular formula is C58H70O10P2. The first-order chi connectivity index (χ1) is 32.8. The number of hydrogen-bond acceptors (Lipinski definition) is 10. The zero-order chi connectivity index (χ0) is 51.1. The molecule has 6 aromatic carbocycles. The Morgan fingerprint density at radius 2 is 0.829 bits per heavy atom. The molecule has 0 spiro atoms. The van der Waals surface area contributed by atoms with Crippen LogP contribution >= 0.6 is 16.8 Å². The highest BCUT2D eigenvalue weighted by molar-refractivity contribution is 7.43. The van der Waals surface area contributed by atoms with E-state index in [1.54, 1.807) is 28.4 Å². The van der Waals surface area contributed by atoms with Gasteiger partial charge in [0, 0.05) is 44.7 Å². The van der Waals surface area contributed by atoms with Gasteiger partial charge < -0.3 is 45.4 Å². The van der Waals surface area contributed by atoms with Crippen molar-refractivity contribution in [2.45, 2.75) is 119 Å². The lowest BCUT2D eigenvalue weighted by molar-refractivity contribution is 0.380. The lowest BCUT2D eigenvalue weighted by atomic mass is 9.79. The predicted octanol–water partition coefficient (Wildman–Crippen LogP) is 17.4. The standard InChI is InChI=1S/C58H70O10P2/c1-35-23-19-21-25-48(35)64-70(65-49-26-22-20-24-36(49)2)66-50-34-39(61-17)30-44(55(3,4)5)51(50)43-29-40(33-45(52(43)62-18)56(6,7)8)63-69-67-53-41(27-37(59-15)31-46(53)57(9,10)11)42-28-38(60-16)32-47(54(42)68-69)58(12,13)14/h19-34H,1-18H3. The average molecular weight is 989 g/mol. The third-order valence-electron chi connectivity index (χ3n) is 12.2. The van der Waals surface area contributed by atoms with Crippen LogP contribution in [0.3, 0.4) is 0 Å². The quantitative estimate of drug-likeness (QED) is 0.104. The van der Waals surface area contributed by atoms with Crippen molar-refractivity contribution >= 4 is 38.8 Å². The molecule has 0 radical (unpaired) electrons. The van der Waals surface area contributed by atoms with E-state index in [9.17, 15) is 0 Å². The van der Waals surface area contributed by atoms with Crippen LogP contribution in [-0.4, -0.2) is 28.4 Å². The molecule has 0 N–H and O–H groups in total. The fraction of sp³-hybridized carbons (Fsp3) is 0.379. The van der Waals surface area contributed by atoms with Gasteiger partial charge in [-0.2, -0.15) is 0 Å². The first-order valence-corrected chi connectivity index (χ1v) is 25.7. The lowest BCUT2D eigenvalue weighted by Gasteiger charge is -2.30. The van der Waals surface area contributed by atoms with E-state index in [1.165, 1.54) is 0 Å². The molecule has 0 unspecified atom stereocenters. The second-order valence-electron chi connectivity index (χ2n) is 21.7. The third kappa shape index (κ3) is 11.1. The molecule has 0 aliphatic rings. The van der Waals surface area contributed by atoms with Crippen LogP contribution < -0.4 is 37.0 Å². The predicted molar refractivity (Wildman–Crippen MR) is 286 cm³/mol. The lowest BCUT2D eigenvalue weighted by Crippen LogP contribution is -2.16. The smallest absolute Gasteiger partial charge is 0.497 e. The molecule has 0 saturated heterocycles. The largest absolute Gasteiger partial charge is 0.530 e. The van der Waals surface area contributed by atoms with Crippen molar-refractivity contribution in [1.29, 1.82) is 0 Å². The third-order valence-corrected chi connectivity index (χ3v) is 14.2. The van der Waals surface area contributed by atoms with Gasteiger partial charge in [-0.05, 0) is 107 Å². The van der Waals surface area contributed by atoms with Crippen molar-refractivity contribution < 1.29 is 45.4 Å². The van der Waals surface area contributed by atoms with E-state index in [4.69, 9.17) is 45.4 Å². The van der Waals surface area contributed by atoms with Crippen molar-refractivity contribution in [1.82, 2.24) is 0 Å². The van der Waals surface area contributed by atoms with Crippen LogP contribution in [0.15, 0.2) is 105 Å². The molecule has 0 fully saturated rings. The fourth-order valence-electron chi connectivity index (χ4n) is 8.32. The Labute approximate surface area is 417 Å². The molecule has 0 aliphatic carbocycles. The number of rotatable bonds is 13. The maximum absolute atomic E-state index is 7.16. The SMILES string of the molecule is COc1cc(OP(Oc2ccccc2C)Oc2ccccc2C)c(-c2cc(Op3oc4c(C(C)(C)C)cc(OC)cc4c4cc(OC)cc(C(C)(C)C)c4o3)cc(C(C)(C)C)c2OC)c(C(C)(C)C)c1. The fourth-order valence-corrected chi connectivity index (χ4v) is 10.6. The van der Waals surface area contributed by atoms with Gasteiger partial charge in [0.1, 0.15) is 57.2 Å². The van der Waals surface area contributed by atoms with Crippen LogP contribution in [0.5, 0.6) is 46.0 Å². The van der Waals surface area contributed by atoms with Crippen molar-refractivity contribution in [3.05, 3.63) is 130 Å². The summed E-state index contributed by atoms with van der Waals surface area (Å²) in [5.74, 6) is 4.90. The molecule has 12 heteroatoms. The second-order valence-corrected chi connectivity index (χ2v) is 23.7. The van der Waals surface area contributed by atoms with E-state index in [2.05, 4.69) is 89.2 Å². The summed E-state index contributed by atoms with van der Waals surface area (Å²) in [6, 6.07) is 31.7. The maximum atomic E-state index is 7.16. The van der Waals surface area contributed by atoms with Gasteiger partial charge in [-0.1, -0.05) is 119 Å². The summed E-state index contributed by atoms with van der Waals surface area (Å²) in [6.07, 6.45) is 0. The molecule has 372 valence electrons. The highest BCUT2D eigenvalue weighted by Crippen LogP contribution is 2.55. The molecule has 1 aromatic heterocycles. The topological polar surface area (TPSA) is 100 Å². The zero-order valence-electron chi connectivity index (χ0n) is 44.2.